The lowest BCUT2D eigenvalue weighted by atomic mass is 10.0. The summed E-state index contributed by atoms with van der Waals surface area (Å²) >= 11 is 6.16. The lowest BCUT2D eigenvalue weighted by Gasteiger charge is -2.19. The number of benzene rings is 1. The molecule has 2 aliphatic rings. The zero-order valence-corrected chi connectivity index (χ0v) is 11.2. The molecule has 1 fully saturated rings. The van der Waals surface area contributed by atoms with Gasteiger partial charge >= 0.3 is 0 Å². The molecule has 1 saturated carbocycles. The Morgan fingerprint density at radius 1 is 1.28 bits per heavy atom. The minimum absolute atomic E-state index is 0.0811. The average molecular weight is 267 g/mol. The molecule has 1 unspecified atom stereocenters. The van der Waals surface area contributed by atoms with Crippen molar-refractivity contribution in [2.45, 2.75) is 20.3 Å². The lowest BCUT2D eigenvalue weighted by molar-refractivity contribution is 0.0952. The first-order valence-electron chi connectivity index (χ1n) is 6.12. The fraction of sp³-hybridized carbons (Fsp3) is 0.500. The van der Waals surface area contributed by atoms with Gasteiger partial charge in [-0.3, -0.25) is 4.79 Å². The zero-order valence-electron chi connectivity index (χ0n) is 10.5. The highest BCUT2D eigenvalue weighted by Gasteiger charge is 2.50. The first-order valence-corrected chi connectivity index (χ1v) is 6.50. The van der Waals surface area contributed by atoms with E-state index in [4.69, 9.17) is 21.1 Å². The van der Waals surface area contributed by atoms with Crippen LogP contribution in [-0.4, -0.2) is 19.0 Å². The van der Waals surface area contributed by atoms with Crippen molar-refractivity contribution in [2.75, 3.05) is 13.2 Å². The number of carbonyl (C=O) groups excluding carboxylic acids is 1. The van der Waals surface area contributed by atoms with E-state index in [2.05, 4.69) is 13.8 Å². The number of hydrogen-bond acceptors (Lipinski definition) is 3. The molecular formula is C14H15ClO3. The van der Waals surface area contributed by atoms with Crippen molar-refractivity contribution in [3.63, 3.8) is 0 Å². The van der Waals surface area contributed by atoms with Gasteiger partial charge in [0.15, 0.2) is 17.3 Å². The number of rotatable bonds is 2. The van der Waals surface area contributed by atoms with Crippen LogP contribution in [0.4, 0.5) is 0 Å². The number of hydrogen-bond donors (Lipinski definition) is 0. The predicted molar refractivity (Wildman–Crippen MR) is 68.7 cm³/mol. The molecule has 0 spiro atoms. The quantitative estimate of drug-likeness (QED) is 0.770. The molecule has 3 nitrogen and oxygen atoms in total. The third kappa shape index (κ3) is 1.87. The molecule has 0 radical (unpaired) electrons. The van der Waals surface area contributed by atoms with Gasteiger partial charge in [0.05, 0.1) is 5.02 Å². The fourth-order valence-corrected chi connectivity index (χ4v) is 2.60. The van der Waals surface area contributed by atoms with E-state index in [-0.39, 0.29) is 17.1 Å². The molecule has 1 heterocycles. The largest absolute Gasteiger partial charge is 0.486 e. The van der Waals surface area contributed by atoms with Crippen LogP contribution in [0.15, 0.2) is 12.1 Å². The zero-order chi connectivity index (χ0) is 12.9. The second-order valence-corrected chi connectivity index (χ2v) is 5.99. The molecule has 1 aromatic rings. The van der Waals surface area contributed by atoms with Crippen molar-refractivity contribution in [1.29, 1.82) is 0 Å². The Balaban J connectivity index is 1.95. The molecule has 4 heteroatoms. The van der Waals surface area contributed by atoms with Gasteiger partial charge in [0.1, 0.15) is 13.2 Å². The van der Waals surface area contributed by atoms with E-state index in [1.807, 2.05) is 0 Å². The summed E-state index contributed by atoms with van der Waals surface area (Å²) in [7, 11) is 0. The molecule has 0 bridgehead atoms. The van der Waals surface area contributed by atoms with Crippen LogP contribution in [0, 0.1) is 11.3 Å². The molecule has 0 saturated heterocycles. The van der Waals surface area contributed by atoms with Crippen LogP contribution in [0.5, 0.6) is 11.5 Å². The topological polar surface area (TPSA) is 35.5 Å². The van der Waals surface area contributed by atoms with Gasteiger partial charge in [0.25, 0.3) is 0 Å². The molecule has 0 amide bonds. The Hall–Kier alpha value is -1.22. The monoisotopic (exact) mass is 266 g/mol. The van der Waals surface area contributed by atoms with Gasteiger partial charge in [-0.1, -0.05) is 25.4 Å². The van der Waals surface area contributed by atoms with Crippen molar-refractivity contribution in [3.8, 4) is 11.5 Å². The molecule has 1 atom stereocenters. The van der Waals surface area contributed by atoms with Gasteiger partial charge in [-0.05, 0) is 17.9 Å². The summed E-state index contributed by atoms with van der Waals surface area (Å²) in [6, 6.07) is 3.40. The standard InChI is InChI=1S/C14H15ClO3/c1-14(2)7-9(14)13(16)8-5-11-12(6-10(8)15)18-4-3-17-11/h5-6,9H,3-4,7H2,1-2H3. The summed E-state index contributed by atoms with van der Waals surface area (Å²) in [6.45, 7) is 5.23. The molecule has 1 aliphatic heterocycles. The van der Waals surface area contributed by atoms with E-state index in [1.165, 1.54) is 0 Å². The number of carbonyl (C=O) groups is 1. The van der Waals surface area contributed by atoms with Gasteiger partial charge in [0, 0.05) is 17.5 Å². The minimum atomic E-state index is 0.0811. The first-order chi connectivity index (χ1) is 8.49. The van der Waals surface area contributed by atoms with Crippen molar-refractivity contribution >= 4 is 17.4 Å². The van der Waals surface area contributed by atoms with Crippen molar-refractivity contribution in [2.24, 2.45) is 11.3 Å². The van der Waals surface area contributed by atoms with Crippen molar-refractivity contribution in [3.05, 3.63) is 22.7 Å². The van der Waals surface area contributed by atoms with Crippen LogP contribution in [0.2, 0.25) is 5.02 Å². The average Bonchev–Trinajstić information content (AvgIpc) is 2.97. The Bertz CT molecular complexity index is 522. The SMILES string of the molecule is CC1(C)CC1C(=O)c1cc2c(cc1Cl)OCCO2. The summed E-state index contributed by atoms with van der Waals surface area (Å²) in [4.78, 5) is 12.3. The van der Waals surface area contributed by atoms with Crippen molar-refractivity contribution in [1.82, 2.24) is 0 Å². The Morgan fingerprint density at radius 3 is 2.39 bits per heavy atom. The van der Waals surface area contributed by atoms with E-state index in [0.717, 1.165) is 6.42 Å². The predicted octanol–water partition coefficient (Wildman–Crippen LogP) is 3.34. The van der Waals surface area contributed by atoms with Crippen LogP contribution < -0.4 is 9.47 Å². The number of Topliss-reactive ketones (excluding diaryl/α,β-unsaturated/α-hetero) is 1. The van der Waals surface area contributed by atoms with E-state index in [0.29, 0.717) is 35.3 Å². The van der Waals surface area contributed by atoms with Gasteiger partial charge in [-0.25, -0.2) is 0 Å². The minimum Gasteiger partial charge on any atom is -0.486 e. The summed E-state index contributed by atoms with van der Waals surface area (Å²) in [5.74, 6) is 1.44. The molecule has 3 rings (SSSR count). The second-order valence-electron chi connectivity index (χ2n) is 5.59. The lowest BCUT2D eigenvalue weighted by Crippen LogP contribution is -2.16. The summed E-state index contributed by atoms with van der Waals surface area (Å²) in [5, 5.41) is 0.451. The molecule has 0 N–H and O–H groups in total. The van der Waals surface area contributed by atoms with Crippen LogP contribution in [0.25, 0.3) is 0 Å². The Morgan fingerprint density at radius 2 is 1.83 bits per heavy atom. The number of halogens is 1. The highest BCUT2D eigenvalue weighted by molar-refractivity contribution is 6.34. The normalized spacial score (nSPS) is 23.6. The third-order valence-corrected chi connectivity index (χ3v) is 4.04. The van der Waals surface area contributed by atoms with Gasteiger partial charge in [-0.15, -0.1) is 0 Å². The van der Waals surface area contributed by atoms with E-state index in [9.17, 15) is 4.79 Å². The first kappa shape index (κ1) is 11.8. The second kappa shape index (κ2) is 3.89. The van der Waals surface area contributed by atoms with E-state index in [1.54, 1.807) is 12.1 Å². The fourth-order valence-electron chi connectivity index (χ4n) is 2.36. The maximum absolute atomic E-state index is 12.3. The van der Waals surface area contributed by atoms with Crippen LogP contribution >= 0.6 is 11.6 Å². The highest BCUT2D eigenvalue weighted by Crippen LogP contribution is 2.54. The van der Waals surface area contributed by atoms with Gasteiger partial charge < -0.3 is 9.47 Å². The molecule has 0 aromatic heterocycles. The van der Waals surface area contributed by atoms with Crippen LogP contribution in [0.3, 0.4) is 0 Å². The molecule has 96 valence electrons. The maximum Gasteiger partial charge on any atom is 0.168 e. The smallest absolute Gasteiger partial charge is 0.168 e. The van der Waals surface area contributed by atoms with Crippen LogP contribution in [0.1, 0.15) is 30.6 Å². The molecule has 18 heavy (non-hydrogen) atoms. The summed E-state index contributed by atoms with van der Waals surface area (Å²) in [5.41, 5.74) is 0.657. The summed E-state index contributed by atoms with van der Waals surface area (Å²) < 4.78 is 10.9. The van der Waals surface area contributed by atoms with Gasteiger partial charge in [-0.2, -0.15) is 0 Å². The molecular weight excluding hydrogens is 252 g/mol. The van der Waals surface area contributed by atoms with Crippen LogP contribution in [-0.2, 0) is 0 Å². The van der Waals surface area contributed by atoms with E-state index < -0.39 is 0 Å². The Labute approximate surface area is 111 Å². The molecule has 1 aliphatic carbocycles. The molecule has 1 aromatic carbocycles. The third-order valence-electron chi connectivity index (χ3n) is 3.73. The van der Waals surface area contributed by atoms with E-state index >= 15 is 0 Å². The number of ether oxygens (including phenoxy) is 2. The number of ketones is 1. The number of fused-ring (bicyclic) bond motifs is 1. The maximum atomic E-state index is 12.3. The van der Waals surface area contributed by atoms with Gasteiger partial charge in [0.2, 0.25) is 0 Å². The highest BCUT2D eigenvalue weighted by atomic mass is 35.5. The summed E-state index contributed by atoms with van der Waals surface area (Å²) in [6.07, 6.45) is 0.927. The Kier molecular flexibility index (Phi) is 2.56. The van der Waals surface area contributed by atoms with Crippen molar-refractivity contribution < 1.29 is 14.3 Å².